The van der Waals surface area contributed by atoms with Crippen molar-refractivity contribution in [3.8, 4) is 5.69 Å². The fourth-order valence-corrected chi connectivity index (χ4v) is 4.43. The number of hydrogen-bond acceptors (Lipinski definition) is 7. The number of nitrogens with zero attached hydrogens (tertiary/aromatic N) is 5. The summed E-state index contributed by atoms with van der Waals surface area (Å²) in [5, 5.41) is 11.8. The first-order chi connectivity index (χ1) is 15.2. The van der Waals surface area contributed by atoms with Crippen molar-refractivity contribution in [2.45, 2.75) is 24.3 Å². The Morgan fingerprint density at radius 3 is 2.44 bits per heavy atom. The van der Waals surface area contributed by atoms with E-state index in [4.69, 9.17) is 0 Å². The van der Waals surface area contributed by atoms with E-state index in [-0.39, 0.29) is 22.2 Å². The molecule has 0 unspecified atom stereocenters. The number of hydrogen-bond donors (Lipinski definition) is 0. The average Bonchev–Trinajstić information content (AvgIpc) is 3.23. The number of carbonyl (C=O) groups is 1. The maximum atomic E-state index is 13.9. The third kappa shape index (κ3) is 4.73. The molecule has 0 radical (unpaired) electrons. The molecule has 2 heterocycles. The molecule has 0 bridgehead atoms. The monoisotopic (exact) mass is 461 g/mol. The minimum atomic E-state index is -3.30. The average molecular weight is 461 g/mol. The van der Waals surface area contributed by atoms with Crippen LogP contribution in [0.25, 0.3) is 5.69 Å². The summed E-state index contributed by atoms with van der Waals surface area (Å²) >= 11 is 0. The SMILES string of the molecule is CS(=O)(=O)c1ccc(-n2nnnc2CN2CCC(C(=O)c3cc(F)ccc3F)CC2)cc1. The number of tetrazole rings is 1. The molecule has 11 heteroatoms. The van der Waals surface area contributed by atoms with Crippen LogP contribution >= 0.6 is 0 Å². The maximum absolute atomic E-state index is 13.9. The summed E-state index contributed by atoms with van der Waals surface area (Å²) in [7, 11) is -3.30. The molecular formula is C21H21F2N5O3S. The van der Waals surface area contributed by atoms with Gasteiger partial charge in [0.1, 0.15) is 11.6 Å². The Labute approximate surface area is 183 Å². The molecule has 3 aromatic rings. The van der Waals surface area contributed by atoms with E-state index in [1.165, 1.54) is 16.8 Å². The van der Waals surface area contributed by atoms with Crippen LogP contribution in [-0.4, -0.2) is 58.7 Å². The zero-order valence-corrected chi connectivity index (χ0v) is 18.1. The Balaban J connectivity index is 1.41. The molecule has 1 fully saturated rings. The van der Waals surface area contributed by atoms with Crippen molar-refractivity contribution < 1.29 is 22.0 Å². The fraction of sp³-hybridized carbons (Fsp3) is 0.333. The minimum Gasteiger partial charge on any atom is -0.296 e. The van der Waals surface area contributed by atoms with Crippen LogP contribution < -0.4 is 0 Å². The minimum absolute atomic E-state index is 0.204. The first-order valence-corrected chi connectivity index (χ1v) is 11.9. The maximum Gasteiger partial charge on any atom is 0.175 e. The van der Waals surface area contributed by atoms with Crippen molar-refractivity contribution in [1.29, 1.82) is 0 Å². The summed E-state index contributed by atoms with van der Waals surface area (Å²) in [5.41, 5.74) is 0.425. The van der Waals surface area contributed by atoms with Gasteiger partial charge in [-0.25, -0.2) is 17.2 Å². The van der Waals surface area contributed by atoms with Gasteiger partial charge in [-0.1, -0.05) is 0 Å². The Morgan fingerprint density at radius 2 is 1.78 bits per heavy atom. The third-order valence-corrected chi connectivity index (χ3v) is 6.69. The van der Waals surface area contributed by atoms with Crippen LogP contribution in [0, 0.1) is 17.6 Å². The molecule has 1 saturated heterocycles. The topological polar surface area (TPSA) is 98.0 Å². The second-order valence-corrected chi connectivity index (χ2v) is 9.83. The number of benzene rings is 2. The molecule has 0 N–H and O–H groups in total. The summed E-state index contributed by atoms with van der Waals surface area (Å²) in [6, 6.07) is 9.18. The molecule has 168 valence electrons. The number of sulfone groups is 1. The fourth-order valence-electron chi connectivity index (χ4n) is 3.80. The predicted octanol–water partition coefficient (Wildman–Crippen LogP) is 2.44. The van der Waals surface area contributed by atoms with E-state index in [0.717, 1.165) is 24.5 Å². The largest absolute Gasteiger partial charge is 0.296 e. The van der Waals surface area contributed by atoms with E-state index in [1.807, 2.05) is 0 Å². The van der Waals surface area contributed by atoms with Gasteiger partial charge >= 0.3 is 0 Å². The molecule has 0 spiro atoms. The van der Waals surface area contributed by atoms with Crippen molar-refractivity contribution in [1.82, 2.24) is 25.1 Å². The highest BCUT2D eigenvalue weighted by molar-refractivity contribution is 7.90. The van der Waals surface area contributed by atoms with E-state index in [9.17, 15) is 22.0 Å². The molecule has 1 aromatic heterocycles. The first-order valence-electron chi connectivity index (χ1n) is 10.0. The van der Waals surface area contributed by atoms with Crippen molar-refractivity contribution in [2.24, 2.45) is 5.92 Å². The van der Waals surface area contributed by atoms with E-state index in [2.05, 4.69) is 20.4 Å². The van der Waals surface area contributed by atoms with Gasteiger partial charge in [-0.15, -0.1) is 5.10 Å². The van der Waals surface area contributed by atoms with Crippen molar-refractivity contribution in [3.63, 3.8) is 0 Å². The molecular weight excluding hydrogens is 440 g/mol. The van der Waals surface area contributed by atoms with Crippen LogP contribution in [0.3, 0.4) is 0 Å². The van der Waals surface area contributed by atoms with Gasteiger partial charge in [-0.3, -0.25) is 9.69 Å². The molecule has 1 aliphatic rings. The third-order valence-electron chi connectivity index (χ3n) is 5.56. The number of ketones is 1. The number of aromatic nitrogens is 4. The highest BCUT2D eigenvalue weighted by Crippen LogP contribution is 2.25. The van der Waals surface area contributed by atoms with E-state index in [1.54, 1.807) is 12.1 Å². The lowest BCUT2D eigenvalue weighted by molar-refractivity contribution is 0.0827. The van der Waals surface area contributed by atoms with Crippen molar-refractivity contribution >= 4 is 15.6 Å². The summed E-state index contributed by atoms with van der Waals surface area (Å²) in [6.07, 6.45) is 2.17. The normalized spacial score (nSPS) is 15.7. The number of likely N-dealkylation sites (tertiary alicyclic amines) is 1. The van der Waals surface area contributed by atoms with Crippen molar-refractivity contribution in [2.75, 3.05) is 19.3 Å². The zero-order chi connectivity index (χ0) is 22.9. The molecule has 0 amide bonds. The molecule has 32 heavy (non-hydrogen) atoms. The van der Waals surface area contributed by atoms with Gasteiger partial charge in [0, 0.05) is 12.2 Å². The van der Waals surface area contributed by atoms with Gasteiger partial charge in [-0.05, 0) is 78.8 Å². The standard InChI is InChI=1S/C21H21F2N5O3S/c1-32(30,31)17-5-3-16(4-6-17)28-20(24-25-26-28)13-27-10-8-14(9-11-27)21(29)18-12-15(22)2-7-19(18)23/h2-7,12,14H,8-11,13H2,1H3. The van der Waals surface area contributed by atoms with Crippen LogP contribution in [0.15, 0.2) is 47.4 Å². The quantitative estimate of drug-likeness (QED) is 0.520. The summed E-state index contributed by atoms with van der Waals surface area (Å²) in [4.78, 5) is 14.9. The smallest absolute Gasteiger partial charge is 0.175 e. The number of Topliss-reactive ketones (excluding diaryl/α,β-unsaturated/α-hetero) is 1. The van der Waals surface area contributed by atoms with Gasteiger partial charge < -0.3 is 0 Å². The van der Waals surface area contributed by atoms with Gasteiger partial charge in [0.2, 0.25) is 0 Å². The van der Waals surface area contributed by atoms with Crippen molar-refractivity contribution in [3.05, 3.63) is 65.5 Å². The van der Waals surface area contributed by atoms with Crippen LogP contribution in [0.1, 0.15) is 29.0 Å². The number of rotatable bonds is 6. The molecule has 0 aliphatic carbocycles. The second-order valence-electron chi connectivity index (χ2n) is 7.81. The van der Waals surface area contributed by atoms with Crippen LogP contribution in [0.4, 0.5) is 8.78 Å². The zero-order valence-electron chi connectivity index (χ0n) is 17.3. The van der Waals surface area contributed by atoms with Gasteiger partial charge in [0.05, 0.1) is 22.7 Å². The van der Waals surface area contributed by atoms with E-state index < -0.39 is 21.5 Å². The molecule has 4 rings (SSSR count). The van der Waals surface area contributed by atoms with E-state index >= 15 is 0 Å². The van der Waals surface area contributed by atoms with Crippen LogP contribution in [0.2, 0.25) is 0 Å². The summed E-state index contributed by atoms with van der Waals surface area (Å²) < 4.78 is 52.2. The highest BCUT2D eigenvalue weighted by Gasteiger charge is 2.28. The Hall–Kier alpha value is -3.05. The first kappa shape index (κ1) is 22.2. The predicted molar refractivity (Wildman–Crippen MR) is 111 cm³/mol. The number of carbonyl (C=O) groups excluding carboxylic acids is 1. The number of halogens is 2. The van der Waals surface area contributed by atoms with Gasteiger partial charge in [0.15, 0.2) is 21.4 Å². The molecule has 0 saturated carbocycles. The Morgan fingerprint density at radius 1 is 1.09 bits per heavy atom. The summed E-state index contributed by atoms with van der Waals surface area (Å²) in [6.45, 7) is 1.58. The lowest BCUT2D eigenvalue weighted by Crippen LogP contribution is -2.36. The lowest BCUT2D eigenvalue weighted by atomic mass is 9.88. The van der Waals surface area contributed by atoms with Crippen LogP contribution in [-0.2, 0) is 16.4 Å². The number of piperidine rings is 1. The second kappa shape index (κ2) is 8.83. The van der Waals surface area contributed by atoms with Crippen LogP contribution in [0.5, 0.6) is 0 Å². The molecule has 2 aromatic carbocycles. The lowest BCUT2D eigenvalue weighted by Gasteiger charge is -2.30. The molecule has 8 nitrogen and oxygen atoms in total. The molecule has 0 atom stereocenters. The Kier molecular flexibility index (Phi) is 6.11. The Bertz CT molecular complexity index is 1240. The molecule has 1 aliphatic heterocycles. The highest BCUT2D eigenvalue weighted by atomic mass is 32.2. The summed E-state index contributed by atoms with van der Waals surface area (Å²) in [5.74, 6) is -1.53. The van der Waals surface area contributed by atoms with E-state index in [0.29, 0.717) is 44.0 Å². The van der Waals surface area contributed by atoms with Gasteiger partial charge in [0.25, 0.3) is 0 Å². The van der Waals surface area contributed by atoms with Gasteiger partial charge in [-0.2, -0.15) is 4.68 Å².